The van der Waals surface area contributed by atoms with Crippen molar-refractivity contribution in [1.29, 1.82) is 0 Å². The first-order valence-corrected chi connectivity index (χ1v) is 3.61. The fraction of sp³-hybridized carbons (Fsp3) is 0.556. The summed E-state index contributed by atoms with van der Waals surface area (Å²) in [5.74, 6) is -0.405. The summed E-state index contributed by atoms with van der Waals surface area (Å²) < 4.78 is 0. The lowest BCUT2D eigenvalue weighted by Gasteiger charge is -2.27. The van der Waals surface area contributed by atoms with Gasteiger partial charge in [0.2, 0.25) is 0 Å². The number of hydrogen-bond acceptors (Lipinski definition) is 2. The summed E-state index contributed by atoms with van der Waals surface area (Å²) in [7, 11) is 0. The Hall–Kier alpha value is -0.920. The molecule has 1 fully saturated rings. The Morgan fingerprint density at radius 1 is 1.18 bits per heavy atom. The van der Waals surface area contributed by atoms with Crippen molar-refractivity contribution in [3.8, 4) is 0 Å². The molecule has 0 bridgehead atoms. The van der Waals surface area contributed by atoms with E-state index in [2.05, 4.69) is 0 Å². The Kier molecular flexibility index (Phi) is 1.70. The zero-order chi connectivity index (χ0) is 8.65. The Labute approximate surface area is 66.3 Å². The van der Waals surface area contributed by atoms with Crippen LogP contribution in [0.5, 0.6) is 0 Å². The minimum Gasteiger partial charge on any atom is -0.294 e. The maximum Gasteiger partial charge on any atom is 0.166 e. The van der Waals surface area contributed by atoms with Gasteiger partial charge in [0.1, 0.15) is 0 Å². The molecule has 0 spiro atoms. The highest BCUT2D eigenvalue weighted by atomic mass is 16.1. The third kappa shape index (κ3) is 1.56. The molecule has 0 atom stereocenters. The molecule has 1 saturated carbocycles. The lowest BCUT2D eigenvalue weighted by atomic mass is 9.74. The lowest BCUT2D eigenvalue weighted by molar-refractivity contribution is -0.127. The van der Waals surface area contributed by atoms with E-state index < -0.39 is 0 Å². The van der Waals surface area contributed by atoms with Gasteiger partial charge in [0.05, 0.1) is 5.57 Å². The van der Waals surface area contributed by atoms with E-state index in [1.165, 1.54) is 0 Å². The molecule has 0 aromatic rings. The molecule has 0 aliphatic heterocycles. The van der Waals surface area contributed by atoms with Crippen molar-refractivity contribution in [3.05, 3.63) is 12.2 Å². The van der Waals surface area contributed by atoms with E-state index in [-0.39, 0.29) is 22.6 Å². The molecule has 0 unspecified atom stereocenters. The maximum absolute atomic E-state index is 11.0. The zero-order valence-corrected chi connectivity index (χ0v) is 6.81. The van der Waals surface area contributed by atoms with Crippen molar-refractivity contribution >= 4 is 11.6 Å². The summed E-state index contributed by atoms with van der Waals surface area (Å²) in [5.41, 5.74) is -0.263. The first-order valence-electron chi connectivity index (χ1n) is 3.61. The van der Waals surface area contributed by atoms with Crippen LogP contribution in [0.2, 0.25) is 0 Å². The third-order valence-corrected chi connectivity index (χ3v) is 1.88. The molecule has 1 rings (SSSR count). The molecule has 1 radical (unpaired) electrons. The molecule has 2 heteroatoms. The number of carbonyl (C=O) groups excluding carboxylic acids is 2. The Balaban J connectivity index is 2.87. The van der Waals surface area contributed by atoms with Crippen molar-refractivity contribution in [1.82, 2.24) is 0 Å². The van der Waals surface area contributed by atoms with Gasteiger partial charge in [-0.2, -0.15) is 0 Å². The van der Waals surface area contributed by atoms with Crippen molar-refractivity contribution in [2.24, 2.45) is 5.41 Å². The molecule has 11 heavy (non-hydrogen) atoms. The number of ketones is 2. The normalized spacial score (nSPS) is 24.0. The number of rotatable bonds is 0. The van der Waals surface area contributed by atoms with Gasteiger partial charge in [-0.05, 0) is 12.0 Å². The van der Waals surface area contributed by atoms with E-state index in [0.29, 0.717) is 12.8 Å². The highest BCUT2D eigenvalue weighted by Crippen LogP contribution is 2.32. The van der Waals surface area contributed by atoms with E-state index in [9.17, 15) is 9.59 Å². The van der Waals surface area contributed by atoms with E-state index in [0.717, 1.165) is 0 Å². The van der Waals surface area contributed by atoms with Gasteiger partial charge in [0.25, 0.3) is 0 Å². The quantitative estimate of drug-likeness (QED) is 0.386. The first kappa shape index (κ1) is 8.18. The average molecular weight is 151 g/mol. The van der Waals surface area contributed by atoms with Crippen LogP contribution < -0.4 is 0 Å². The minimum atomic E-state index is -0.203. The van der Waals surface area contributed by atoms with Gasteiger partial charge < -0.3 is 0 Å². The molecule has 1 aliphatic rings. The van der Waals surface area contributed by atoms with Gasteiger partial charge >= 0.3 is 0 Å². The summed E-state index contributed by atoms with van der Waals surface area (Å²) in [6.45, 7) is 9.06. The zero-order valence-electron chi connectivity index (χ0n) is 6.81. The second kappa shape index (κ2) is 2.29. The number of hydrogen-bond donors (Lipinski definition) is 0. The number of Topliss-reactive ketones (excluding diaryl/α,β-unsaturated/α-hetero) is 2. The summed E-state index contributed by atoms with van der Waals surface area (Å²) >= 11 is 0. The maximum atomic E-state index is 11.0. The summed E-state index contributed by atoms with van der Waals surface area (Å²) in [4.78, 5) is 22.1. The van der Waals surface area contributed by atoms with E-state index in [1.54, 1.807) is 0 Å². The Morgan fingerprint density at radius 2 is 1.55 bits per heavy atom. The minimum absolute atomic E-state index is 0.0654. The molecule has 0 aromatic carbocycles. The number of allylic oxidation sites excluding steroid dienone is 1. The third-order valence-electron chi connectivity index (χ3n) is 1.88. The highest BCUT2D eigenvalue weighted by Gasteiger charge is 2.34. The predicted molar refractivity (Wildman–Crippen MR) is 40.8 cm³/mol. The van der Waals surface area contributed by atoms with Crippen LogP contribution >= 0.6 is 0 Å². The standard InChI is InChI=1S/C9H11O2/c1-6-7(10)4-9(2,3)5-8(6)11/h1H,4-5H2,2-3H3. The van der Waals surface area contributed by atoms with Crippen molar-refractivity contribution in [3.63, 3.8) is 0 Å². The molecule has 0 heterocycles. The van der Waals surface area contributed by atoms with Crippen LogP contribution in [0.3, 0.4) is 0 Å². The Morgan fingerprint density at radius 3 is 1.91 bits per heavy atom. The van der Waals surface area contributed by atoms with Gasteiger partial charge in [-0.3, -0.25) is 9.59 Å². The predicted octanol–water partition coefficient (Wildman–Crippen LogP) is 1.30. The topological polar surface area (TPSA) is 34.1 Å². The summed E-state index contributed by atoms with van der Waals surface area (Å²) in [6.07, 6.45) is 0.787. The molecule has 0 amide bonds. The largest absolute Gasteiger partial charge is 0.294 e. The summed E-state index contributed by atoms with van der Waals surface area (Å²) in [5, 5.41) is 0. The van der Waals surface area contributed by atoms with Crippen LogP contribution in [0.25, 0.3) is 0 Å². The van der Waals surface area contributed by atoms with Crippen molar-refractivity contribution in [2.75, 3.05) is 0 Å². The molecule has 0 saturated heterocycles. The van der Waals surface area contributed by atoms with Crippen molar-refractivity contribution in [2.45, 2.75) is 26.7 Å². The highest BCUT2D eigenvalue weighted by molar-refractivity contribution is 6.21. The average Bonchev–Trinajstić information content (AvgIpc) is 1.81. The van der Waals surface area contributed by atoms with Gasteiger partial charge in [-0.15, -0.1) is 0 Å². The van der Waals surface area contributed by atoms with E-state index >= 15 is 0 Å². The van der Waals surface area contributed by atoms with Crippen LogP contribution in [-0.2, 0) is 9.59 Å². The van der Waals surface area contributed by atoms with Crippen LogP contribution in [-0.4, -0.2) is 11.6 Å². The first-order chi connectivity index (χ1) is 4.92. The van der Waals surface area contributed by atoms with E-state index in [1.807, 2.05) is 13.8 Å². The molecular formula is C9H11O2. The SMILES string of the molecule is [CH]=C1C(=O)CC(C)(C)CC1=O. The van der Waals surface area contributed by atoms with Crippen LogP contribution in [0, 0.1) is 12.0 Å². The second-order valence-electron chi connectivity index (χ2n) is 3.78. The van der Waals surface area contributed by atoms with Crippen molar-refractivity contribution < 1.29 is 9.59 Å². The van der Waals surface area contributed by atoms with Crippen LogP contribution in [0.1, 0.15) is 26.7 Å². The number of carbonyl (C=O) groups is 2. The van der Waals surface area contributed by atoms with E-state index in [4.69, 9.17) is 6.58 Å². The van der Waals surface area contributed by atoms with Gasteiger partial charge in [-0.25, -0.2) is 0 Å². The fourth-order valence-corrected chi connectivity index (χ4v) is 1.28. The monoisotopic (exact) mass is 151 g/mol. The van der Waals surface area contributed by atoms with Gasteiger partial charge in [-0.1, -0.05) is 13.8 Å². The van der Waals surface area contributed by atoms with Crippen LogP contribution in [0.15, 0.2) is 5.57 Å². The van der Waals surface area contributed by atoms with Gasteiger partial charge in [0.15, 0.2) is 11.6 Å². The summed E-state index contributed by atoms with van der Waals surface area (Å²) in [6, 6.07) is 0. The molecule has 0 aromatic heterocycles. The fourth-order valence-electron chi connectivity index (χ4n) is 1.28. The molecule has 0 N–H and O–H groups in total. The smallest absolute Gasteiger partial charge is 0.166 e. The molecule has 1 aliphatic carbocycles. The molecular weight excluding hydrogens is 140 g/mol. The molecule has 59 valence electrons. The Bertz CT molecular complexity index is 214. The lowest BCUT2D eigenvalue weighted by Crippen LogP contribution is -2.30. The molecule has 2 nitrogen and oxygen atoms in total. The van der Waals surface area contributed by atoms with Gasteiger partial charge in [0, 0.05) is 12.8 Å². The van der Waals surface area contributed by atoms with Crippen LogP contribution in [0.4, 0.5) is 0 Å². The second-order valence-corrected chi connectivity index (χ2v) is 3.78.